The molecule has 14 aliphatic rings. The Labute approximate surface area is 394 Å². The van der Waals surface area contributed by atoms with Crippen molar-refractivity contribution in [2.75, 3.05) is 6.54 Å². The van der Waals surface area contributed by atoms with E-state index in [4.69, 9.17) is 9.95 Å². The SMILES string of the molecule is C[C@@H]1CCC(=O)NC(C(=O)O)CNC(=O)CC[C@@H](C)[C@H]2CC[C@H]3[C@@H]4[C@@H](O)C[C@@H]5C[C@@H](CC[C@]5(C)[C@H]4CC[C@]23C)n2cc(nn2)CO[C@@H]2CC[C@@]3(C)[C@@H](C2)C[C@H](O)[C@@H]2[C@@H]3CC[C@]3(C)[C@@H]1CC[C@@H]23. The first-order valence-corrected chi connectivity index (χ1v) is 27.1. The van der Waals surface area contributed by atoms with E-state index < -0.39 is 12.0 Å². The van der Waals surface area contributed by atoms with Crippen molar-refractivity contribution < 1.29 is 34.4 Å². The number of aliphatic hydroxyl groups is 2. The third-order valence-corrected chi connectivity index (χ3v) is 23.0. The van der Waals surface area contributed by atoms with Gasteiger partial charge in [-0.15, -0.1) is 5.10 Å². The van der Waals surface area contributed by atoms with Crippen molar-refractivity contribution in [2.45, 2.75) is 207 Å². The van der Waals surface area contributed by atoms with Crippen LogP contribution in [0.5, 0.6) is 0 Å². The number of amides is 2. The first-order chi connectivity index (χ1) is 31.4. The van der Waals surface area contributed by atoms with Gasteiger partial charge in [-0.2, -0.15) is 0 Å². The molecule has 8 fully saturated rings. The van der Waals surface area contributed by atoms with Gasteiger partial charge in [0.1, 0.15) is 11.7 Å². The van der Waals surface area contributed by atoms with Gasteiger partial charge in [-0.25, -0.2) is 9.48 Å². The molecule has 66 heavy (non-hydrogen) atoms. The van der Waals surface area contributed by atoms with E-state index in [0.29, 0.717) is 90.5 Å². The van der Waals surface area contributed by atoms with Gasteiger partial charge in [0.2, 0.25) is 11.8 Å². The number of aliphatic hydroxyl groups excluding tert-OH is 2. The van der Waals surface area contributed by atoms with Crippen molar-refractivity contribution in [1.29, 1.82) is 0 Å². The molecule has 15 rings (SSSR count). The Morgan fingerprint density at radius 1 is 0.667 bits per heavy atom. The lowest BCUT2D eigenvalue weighted by atomic mass is 9.43. The third-order valence-electron chi connectivity index (χ3n) is 23.0. The molecule has 0 saturated heterocycles. The fourth-order valence-corrected chi connectivity index (χ4v) is 19.4. The van der Waals surface area contributed by atoms with E-state index in [1.165, 1.54) is 0 Å². The summed E-state index contributed by atoms with van der Waals surface area (Å²) in [5.74, 6) is 3.37. The topological polar surface area (TPSA) is 176 Å². The predicted molar refractivity (Wildman–Crippen MR) is 250 cm³/mol. The second-order valence-corrected chi connectivity index (χ2v) is 25.7. The molecule has 8 aliphatic carbocycles. The average Bonchev–Trinajstić information content (AvgIpc) is 4.00. The number of carboxylic acids is 1. The molecule has 0 aromatic carbocycles. The van der Waals surface area contributed by atoms with Gasteiger partial charge in [-0.05, 0) is 208 Å². The van der Waals surface area contributed by atoms with Gasteiger partial charge < -0.3 is 30.7 Å². The summed E-state index contributed by atoms with van der Waals surface area (Å²) in [4.78, 5) is 39.0. The minimum atomic E-state index is -1.18. The normalized spacial score (nSPS) is 51.1. The zero-order valence-electron chi connectivity index (χ0n) is 41.3. The summed E-state index contributed by atoms with van der Waals surface area (Å²) < 4.78 is 8.81. The maximum Gasteiger partial charge on any atom is 0.328 e. The van der Waals surface area contributed by atoms with E-state index in [1.807, 2.05) is 0 Å². The van der Waals surface area contributed by atoms with Crippen molar-refractivity contribution in [1.82, 2.24) is 25.6 Å². The number of hydrogen-bond acceptors (Lipinski definition) is 8. The molecule has 21 atom stereocenters. The lowest BCUT2D eigenvalue weighted by Crippen LogP contribution is -2.58. The van der Waals surface area contributed by atoms with Gasteiger partial charge in [0.05, 0.1) is 37.2 Å². The molecule has 0 radical (unpaired) electrons. The number of aromatic nitrogens is 3. The first kappa shape index (κ1) is 47.1. The molecule has 5 N–H and O–H groups in total. The molecule has 12 heteroatoms. The van der Waals surface area contributed by atoms with Gasteiger partial charge in [-0.3, -0.25) is 9.59 Å². The largest absolute Gasteiger partial charge is 0.480 e. The van der Waals surface area contributed by atoms with Gasteiger partial charge in [0.25, 0.3) is 0 Å². The number of nitrogens with zero attached hydrogens (tertiary/aromatic N) is 3. The Balaban J connectivity index is 0.863. The zero-order valence-corrected chi connectivity index (χ0v) is 41.3. The van der Waals surface area contributed by atoms with Crippen LogP contribution in [0, 0.1) is 92.7 Å². The second-order valence-electron chi connectivity index (χ2n) is 25.7. The number of hydrogen-bond donors (Lipinski definition) is 5. The highest BCUT2D eigenvalue weighted by Gasteiger charge is 2.65. The Bertz CT molecular complexity index is 1980. The maximum atomic E-state index is 13.4. The third kappa shape index (κ3) is 7.91. The van der Waals surface area contributed by atoms with Crippen LogP contribution in [0.15, 0.2) is 6.20 Å². The predicted octanol–water partition coefficient (Wildman–Crippen LogP) is 8.50. The summed E-state index contributed by atoms with van der Waals surface area (Å²) in [5.41, 5.74) is 1.50. The molecule has 8 saturated carbocycles. The highest BCUT2D eigenvalue weighted by atomic mass is 16.5. The van der Waals surface area contributed by atoms with Crippen LogP contribution >= 0.6 is 0 Å². The van der Waals surface area contributed by atoms with E-state index in [2.05, 4.69) is 68.2 Å². The van der Waals surface area contributed by atoms with Crippen LogP contribution in [0.1, 0.15) is 182 Å². The summed E-state index contributed by atoms with van der Waals surface area (Å²) in [6.45, 7) is 14.9. The van der Waals surface area contributed by atoms with Crippen LogP contribution in [0.3, 0.4) is 0 Å². The number of ether oxygens (including phenoxy) is 1. The molecule has 12 nitrogen and oxygen atoms in total. The smallest absolute Gasteiger partial charge is 0.328 e. The second kappa shape index (κ2) is 17.7. The van der Waals surface area contributed by atoms with Crippen LogP contribution in [-0.2, 0) is 25.7 Å². The first-order valence-electron chi connectivity index (χ1n) is 27.1. The summed E-state index contributed by atoms with van der Waals surface area (Å²) in [6.07, 6.45) is 20.8. The standard InChI is InChI=1S/C54H85N5O7/c1-30-7-13-46(62)55-27-43(50(64)65)56-47(63)14-8-31(2)38-10-12-40-49-42(18-22-54(38,40)6)52(4)20-16-36(24-33(52)26-45(49)61)66-29-34-28-59(58-57-34)35-15-19-51(3)32(23-35)25-44(60)48-39-11-9-37(30)53(39,5)21-17-41(48)51/h28,30-33,35-45,48-49,60-61H,7-27,29H2,1-6H3,(H,55,62)(H,56,63)(H,64,65)/t30-,31-,32+,33+,35-,36-,37-,38-,39+,40+,41+,42+,43?,44+,45+,48+,49+,51+,52+,53-,54-/m1/s1. The van der Waals surface area contributed by atoms with E-state index >= 15 is 0 Å². The van der Waals surface area contributed by atoms with E-state index in [9.17, 15) is 29.7 Å². The highest BCUT2D eigenvalue weighted by molar-refractivity contribution is 5.84. The maximum absolute atomic E-state index is 13.4. The highest BCUT2D eigenvalue weighted by Crippen LogP contribution is 2.70. The van der Waals surface area contributed by atoms with Crippen molar-refractivity contribution in [3.8, 4) is 0 Å². The summed E-state index contributed by atoms with van der Waals surface area (Å²) in [7, 11) is 0. The number of carbonyl (C=O) groups is 3. The molecular weight excluding hydrogens is 831 g/mol. The number of carbonyl (C=O) groups excluding carboxylic acids is 2. The molecule has 1 aromatic rings. The van der Waals surface area contributed by atoms with Gasteiger partial charge in [0, 0.05) is 19.4 Å². The van der Waals surface area contributed by atoms with Crippen LogP contribution in [-0.4, -0.2) is 79.0 Å². The van der Waals surface area contributed by atoms with E-state index in [-0.39, 0.29) is 70.8 Å². The molecule has 1 unspecified atom stereocenters. The lowest BCUT2D eigenvalue weighted by Gasteiger charge is -2.62. The summed E-state index contributed by atoms with van der Waals surface area (Å²) in [5, 5.41) is 49.3. The van der Waals surface area contributed by atoms with Gasteiger partial charge in [-0.1, -0.05) is 46.8 Å². The lowest BCUT2D eigenvalue weighted by molar-refractivity contribution is -0.179. The molecule has 2 amide bonds. The van der Waals surface area contributed by atoms with Crippen molar-refractivity contribution in [2.24, 2.45) is 92.7 Å². The molecular formula is C54H85N5O7. The van der Waals surface area contributed by atoms with Crippen LogP contribution < -0.4 is 10.6 Å². The molecule has 6 aliphatic heterocycles. The molecule has 1 aromatic heterocycles. The number of aliphatic carboxylic acids is 1. The van der Waals surface area contributed by atoms with Crippen LogP contribution in [0.25, 0.3) is 0 Å². The van der Waals surface area contributed by atoms with Crippen molar-refractivity contribution in [3.05, 3.63) is 11.9 Å². The summed E-state index contributed by atoms with van der Waals surface area (Å²) in [6, 6.07) is -0.900. The Kier molecular flexibility index (Phi) is 12.6. The quantitative estimate of drug-likeness (QED) is 0.185. The monoisotopic (exact) mass is 916 g/mol. The van der Waals surface area contributed by atoms with Crippen molar-refractivity contribution >= 4 is 17.8 Å². The van der Waals surface area contributed by atoms with Crippen molar-refractivity contribution in [3.63, 3.8) is 0 Å². The molecule has 368 valence electrons. The molecule has 18 bridgehead atoms. The molecule has 0 spiro atoms. The van der Waals surface area contributed by atoms with Gasteiger partial charge in [0.15, 0.2) is 0 Å². The molecule has 7 heterocycles. The zero-order chi connectivity index (χ0) is 46.5. The Hall–Kier alpha value is -2.57. The van der Waals surface area contributed by atoms with Gasteiger partial charge >= 0.3 is 5.97 Å². The summed E-state index contributed by atoms with van der Waals surface area (Å²) >= 11 is 0. The van der Waals surface area contributed by atoms with E-state index in [1.54, 1.807) is 0 Å². The fourth-order valence-electron chi connectivity index (χ4n) is 19.4. The minimum absolute atomic E-state index is 0.106. The minimum Gasteiger partial charge on any atom is -0.480 e. The Morgan fingerprint density at radius 3 is 1.77 bits per heavy atom. The number of nitrogens with one attached hydrogen (secondary N) is 2. The average molecular weight is 916 g/mol. The number of carboxylic acid groups (broad SMARTS) is 1. The number of rotatable bonds is 1. The van der Waals surface area contributed by atoms with Crippen LogP contribution in [0.4, 0.5) is 0 Å². The van der Waals surface area contributed by atoms with Crippen LogP contribution in [0.2, 0.25) is 0 Å². The fraction of sp³-hybridized carbons (Fsp3) is 0.907. The van der Waals surface area contributed by atoms with E-state index in [0.717, 1.165) is 115 Å². The Morgan fingerprint density at radius 2 is 1.18 bits per heavy atom.